The average Bonchev–Trinajstić information content (AvgIpc) is 2.79. The zero-order valence-corrected chi connectivity index (χ0v) is 20.7. The summed E-state index contributed by atoms with van der Waals surface area (Å²) in [7, 11) is 1.72. The van der Waals surface area contributed by atoms with Crippen molar-refractivity contribution in [1.82, 2.24) is 9.88 Å². The number of nitrogens with zero attached hydrogens (tertiary/aromatic N) is 3. The van der Waals surface area contributed by atoms with Crippen molar-refractivity contribution in [3.8, 4) is 0 Å². The number of anilines is 1. The van der Waals surface area contributed by atoms with Crippen molar-refractivity contribution in [1.29, 1.82) is 0 Å². The van der Waals surface area contributed by atoms with Gasteiger partial charge in [-0.15, -0.1) is 0 Å². The van der Waals surface area contributed by atoms with E-state index in [9.17, 15) is 9.18 Å². The molecule has 3 atom stereocenters. The summed E-state index contributed by atoms with van der Waals surface area (Å²) in [5, 5.41) is 4.67. The monoisotopic (exact) mass is 470 g/mol. The van der Waals surface area contributed by atoms with E-state index in [0.29, 0.717) is 17.5 Å². The number of halogens is 2. The van der Waals surface area contributed by atoms with Crippen LogP contribution in [0.3, 0.4) is 0 Å². The molecule has 0 radical (unpaired) electrons. The van der Waals surface area contributed by atoms with E-state index in [1.807, 2.05) is 19.3 Å². The molecule has 0 saturated carbocycles. The zero-order chi connectivity index (χ0) is 24.1. The van der Waals surface area contributed by atoms with Crippen molar-refractivity contribution in [2.45, 2.75) is 58.9 Å². The fourth-order valence-corrected chi connectivity index (χ4v) is 4.06. The molecule has 2 heterocycles. The van der Waals surface area contributed by atoms with Crippen molar-refractivity contribution in [3.63, 3.8) is 0 Å². The lowest BCUT2D eigenvalue weighted by Crippen LogP contribution is -2.41. The SMILES string of the molecule is CCC(C)C(C)c1ncc(C(C)N(C)C(=O)Nc2ccc(F)c(Cl)c2)c2c1=CCCC=CN=2. The summed E-state index contributed by atoms with van der Waals surface area (Å²) >= 11 is 5.85. The van der Waals surface area contributed by atoms with Gasteiger partial charge in [-0.1, -0.05) is 50.9 Å². The summed E-state index contributed by atoms with van der Waals surface area (Å²) in [4.78, 5) is 24.2. The summed E-state index contributed by atoms with van der Waals surface area (Å²) in [6.45, 7) is 8.61. The summed E-state index contributed by atoms with van der Waals surface area (Å²) in [6.07, 6.45) is 10.9. The molecule has 1 aromatic carbocycles. The molecule has 0 fully saturated rings. The third-order valence-electron chi connectivity index (χ3n) is 6.59. The van der Waals surface area contributed by atoms with Gasteiger partial charge in [-0.3, -0.25) is 9.98 Å². The van der Waals surface area contributed by atoms with Crippen LogP contribution in [0.25, 0.3) is 6.08 Å². The first-order valence-corrected chi connectivity index (χ1v) is 11.8. The maximum absolute atomic E-state index is 13.4. The van der Waals surface area contributed by atoms with Gasteiger partial charge in [-0.2, -0.15) is 0 Å². The van der Waals surface area contributed by atoms with Gasteiger partial charge in [0.15, 0.2) is 0 Å². The molecule has 0 aliphatic carbocycles. The van der Waals surface area contributed by atoms with E-state index < -0.39 is 5.82 Å². The number of hydrogen-bond donors (Lipinski definition) is 1. The Bertz CT molecular complexity index is 1160. The fraction of sp³-hybridized carbons (Fsp3) is 0.423. The quantitative estimate of drug-likeness (QED) is 0.566. The van der Waals surface area contributed by atoms with E-state index in [0.717, 1.165) is 41.1 Å². The average molecular weight is 471 g/mol. The topological polar surface area (TPSA) is 57.6 Å². The molecule has 33 heavy (non-hydrogen) atoms. The highest BCUT2D eigenvalue weighted by Crippen LogP contribution is 2.24. The first-order chi connectivity index (χ1) is 15.7. The Morgan fingerprint density at radius 3 is 2.73 bits per heavy atom. The number of amides is 2. The predicted octanol–water partition coefficient (Wildman–Crippen LogP) is 5.96. The molecule has 1 N–H and O–H groups in total. The maximum atomic E-state index is 13.4. The standard InChI is InChI=1S/C26H32ClFN4O/c1-6-16(2)17(3)24-20-10-8-7-9-13-29-25(20)21(15-30-24)18(4)32(5)26(33)31-19-11-12-23(28)22(27)14-19/h9-18H,6-8H2,1-5H3,(H,31,33). The molecule has 3 rings (SSSR count). The molecule has 0 saturated heterocycles. The van der Waals surface area contributed by atoms with Gasteiger partial charge >= 0.3 is 6.03 Å². The summed E-state index contributed by atoms with van der Waals surface area (Å²) in [5.41, 5.74) is 2.36. The first-order valence-electron chi connectivity index (χ1n) is 11.4. The van der Waals surface area contributed by atoms with Crippen LogP contribution in [0.5, 0.6) is 0 Å². The van der Waals surface area contributed by atoms with Gasteiger partial charge in [-0.25, -0.2) is 9.18 Å². The van der Waals surface area contributed by atoms with E-state index in [-0.39, 0.29) is 17.1 Å². The number of urea groups is 1. The molecule has 1 aliphatic heterocycles. The lowest BCUT2D eigenvalue weighted by atomic mass is 9.88. The van der Waals surface area contributed by atoms with Crippen molar-refractivity contribution in [2.24, 2.45) is 10.9 Å². The van der Waals surface area contributed by atoms with Gasteiger partial charge < -0.3 is 10.2 Å². The largest absolute Gasteiger partial charge is 0.322 e. The Labute approximate surface area is 200 Å². The molecule has 5 nitrogen and oxygen atoms in total. The number of benzene rings is 1. The van der Waals surface area contributed by atoms with Crippen molar-refractivity contribution in [2.75, 3.05) is 12.4 Å². The van der Waals surface area contributed by atoms with E-state index in [2.05, 4.69) is 38.2 Å². The normalized spacial score (nSPS) is 15.7. The second-order valence-electron chi connectivity index (χ2n) is 8.68. The van der Waals surface area contributed by atoms with Crippen molar-refractivity contribution >= 4 is 29.4 Å². The van der Waals surface area contributed by atoms with Gasteiger partial charge in [0, 0.05) is 41.8 Å². The van der Waals surface area contributed by atoms with E-state index in [1.165, 1.54) is 18.2 Å². The van der Waals surface area contributed by atoms with Gasteiger partial charge in [0.2, 0.25) is 0 Å². The lowest BCUT2D eigenvalue weighted by Gasteiger charge is -2.27. The minimum Gasteiger partial charge on any atom is -0.321 e. The lowest BCUT2D eigenvalue weighted by molar-refractivity contribution is 0.208. The molecule has 7 heteroatoms. The minimum absolute atomic E-state index is 0.0405. The molecule has 0 spiro atoms. The smallest absolute Gasteiger partial charge is 0.321 e. The third-order valence-corrected chi connectivity index (χ3v) is 6.88. The third kappa shape index (κ3) is 5.61. The van der Waals surface area contributed by atoms with Crippen LogP contribution >= 0.6 is 11.6 Å². The Morgan fingerprint density at radius 1 is 1.27 bits per heavy atom. The van der Waals surface area contributed by atoms with E-state index >= 15 is 0 Å². The number of allylic oxidation sites excluding steroid dienone is 1. The van der Waals surface area contributed by atoms with Crippen LogP contribution < -0.4 is 15.9 Å². The van der Waals surface area contributed by atoms with Crippen LogP contribution in [0.2, 0.25) is 5.02 Å². The number of carbonyl (C=O) groups is 1. The van der Waals surface area contributed by atoms with Crippen LogP contribution in [-0.4, -0.2) is 23.0 Å². The number of pyridine rings is 1. The number of fused-ring (bicyclic) bond motifs is 1. The maximum Gasteiger partial charge on any atom is 0.322 e. The predicted molar refractivity (Wildman–Crippen MR) is 132 cm³/mol. The van der Waals surface area contributed by atoms with Gasteiger partial charge in [-0.05, 0) is 43.9 Å². The first kappa shape index (κ1) is 24.9. The Balaban J connectivity index is 1.98. The van der Waals surface area contributed by atoms with Gasteiger partial charge in [0.1, 0.15) is 5.82 Å². The Kier molecular flexibility index (Phi) is 8.25. The number of nitrogens with one attached hydrogen (secondary N) is 1. The van der Waals surface area contributed by atoms with Crippen LogP contribution in [0.4, 0.5) is 14.9 Å². The van der Waals surface area contributed by atoms with Crippen LogP contribution in [0, 0.1) is 11.7 Å². The van der Waals surface area contributed by atoms with Crippen molar-refractivity contribution < 1.29 is 9.18 Å². The minimum atomic E-state index is -0.529. The molecular formula is C26H32ClFN4O. The molecule has 0 bridgehead atoms. The number of carbonyl (C=O) groups excluding carboxylic acids is 1. The van der Waals surface area contributed by atoms with Crippen LogP contribution in [0.1, 0.15) is 70.2 Å². The van der Waals surface area contributed by atoms with Crippen molar-refractivity contribution in [3.05, 3.63) is 69.3 Å². The van der Waals surface area contributed by atoms with E-state index in [4.69, 9.17) is 21.6 Å². The van der Waals surface area contributed by atoms with Gasteiger partial charge in [0.25, 0.3) is 0 Å². The summed E-state index contributed by atoms with van der Waals surface area (Å²) < 4.78 is 13.4. The number of rotatable bonds is 6. The molecular weight excluding hydrogens is 439 g/mol. The highest BCUT2D eigenvalue weighted by Gasteiger charge is 2.23. The van der Waals surface area contributed by atoms with Crippen LogP contribution in [-0.2, 0) is 0 Å². The molecule has 2 aromatic rings. The summed E-state index contributed by atoms with van der Waals surface area (Å²) in [5.74, 6) is 0.265. The van der Waals surface area contributed by atoms with Gasteiger partial charge in [0.05, 0.1) is 22.1 Å². The Hall–Kier alpha value is -2.73. The second-order valence-corrected chi connectivity index (χ2v) is 9.08. The highest BCUT2D eigenvalue weighted by molar-refractivity contribution is 6.31. The molecule has 2 amide bonds. The Morgan fingerprint density at radius 2 is 2.03 bits per heavy atom. The molecule has 3 unspecified atom stereocenters. The molecule has 176 valence electrons. The molecule has 1 aromatic heterocycles. The highest BCUT2D eigenvalue weighted by atomic mass is 35.5. The molecule has 1 aliphatic rings. The van der Waals surface area contributed by atoms with E-state index in [1.54, 1.807) is 11.9 Å². The number of hydrogen-bond acceptors (Lipinski definition) is 3. The van der Waals surface area contributed by atoms with Crippen LogP contribution in [0.15, 0.2) is 41.7 Å². The zero-order valence-electron chi connectivity index (χ0n) is 19.9. The second kappa shape index (κ2) is 10.9. The summed E-state index contributed by atoms with van der Waals surface area (Å²) in [6, 6.07) is 3.48. The number of aromatic nitrogens is 1. The fourth-order valence-electron chi connectivity index (χ4n) is 3.88.